The molecule has 124 valence electrons. The minimum atomic E-state index is -4.52. The first-order valence-corrected chi connectivity index (χ1v) is 7.74. The predicted molar refractivity (Wildman–Crippen MR) is 82.4 cm³/mol. The summed E-state index contributed by atoms with van der Waals surface area (Å²) in [6, 6.07) is 7.39. The Bertz CT molecular complexity index is 824. The van der Waals surface area contributed by atoms with Crippen LogP contribution in [0.4, 0.5) is 13.2 Å². The lowest BCUT2D eigenvalue weighted by Gasteiger charge is -2.07. The third-order valence-electron chi connectivity index (χ3n) is 3.20. The average molecular weight is 352 g/mol. The van der Waals surface area contributed by atoms with Gasteiger partial charge in [0.15, 0.2) is 0 Å². The number of hydrogen-bond acceptors (Lipinski definition) is 4. The molecule has 0 saturated heterocycles. The van der Waals surface area contributed by atoms with Crippen LogP contribution in [0, 0.1) is 0 Å². The molecule has 3 aromatic heterocycles. The molecule has 0 atom stereocenters. The first-order valence-electron chi connectivity index (χ1n) is 6.86. The second-order valence-corrected chi connectivity index (χ2v) is 5.89. The average Bonchev–Trinajstić information content (AvgIpc) is 3.23. The van der Waals surface area contributed by atoms with Crippen LogP contribution in [0.15, 0.2) is 52.6 Å². The number of thiophene rings is 1. The topological polar surface area (TPSA) is 55.1 Å². The van der Waals surface area contributed by atoms with Gasteiger partial charge in [-0.05, 0) is 30.3 Å². The van der Waals surface area contributed by atoms with Crippen LogP contribution in [0.25, 0.3) is 11.3 Å². The fourth-order valence-corrected chi connectivity index (χ4v) is 2.82. The molecule has 0 spiro atoms. The second kappa shape index (κ2) is 6.48. The number of aromatic nitrogens is 1. The monoisotopic (exact) mass is 352 g/mol. The first kappa shape index (κ1) is 16.3. The molecule has 0 radical (unpaired) electrons. The van der Waals surface area contributed by atoms with E-state index in [1.165, 1.54) is 11.3 Å². The van der Waals surface area contributed by atoms with Gasteiger partial charge in [0, 0.05) is 22.0 Å². The second-order valence-electron chi connectivity index (χ2n) is 4.89. The Kier molecular flexibility index (Phi) is 4.39. The van der Waals surface area contributed by atoms with E-state index in [-0.39, 0.29) is 12.1 Å². The lowest BCUT2D eigenvalue weighted by Crippen LogP contribution is -2.22. The van der Waals surface area contributed by atoms with Crippen molar-refractivity contribution in [3.05, 3.63) is 64.3 Å². The van der Waals surface area contributed by atoms with E-state index in [0.29, 0.717) is 0 Å². The highest BCUT2D eigenvalue weighted by molar-refractivity contribution is 7.10. The lowest BCUT2D eigenvalue weighted by atomic mass is 10.2. The Hall–Kier alpha value is -2.61. The smallest absolute Gasteiger partial charge is 0.433 e. The number of pyridine rings is 1. The van der Waals surface area contributed by atoms with Gasteiger partial charge in [0.25, 0.3) is 5.91 Å². The van der Waals surface area contributed by atoms with Crippen LogP contribution < -0.4 is 5.32 Å². The number of alkyl halides is 3. The summed E-state index contributed by atoms with van der Waals surface area (Å²) >= 11 is 1.45. The van der Waals surface area contributed by atoms with Crippen molar-refractivity contribution in [2.75, 3.05) is 0 Å². The summed E-state index contributed by atoms with van der Waals surface area (Å²) in [5, 5.41) is 4.55. The van der Waals surface area contributed by atoms with Crippen molar-refractivity contribution in [2.45, 2.75) is 12.7 Å². The Morgan fingerprint density at radius 1 is 1.29 bits per heavy atom. The zero-order valence-electron chi connectivity index (χ0n) is 12.1. The van der Waals surface area contributed by atoms with Crippen molar-refractivity contribution in [3.8, 4) is 11.3 Å². The molecule has 3 rings (SSSR count). The highest BCUT2D eigenvalue weighted by atomic mass is 32.1. The molecule has 0 aromatic carbocycles. The van der Waals surface area contributed by atoms with Gasteiger partial charge in [0.2, 0.25) is 0 Å². The maximum Gasteiger partial charge on any atom is 0.433 e. The Morgan fingerprint density at radius 3 is 2.75 bits per heavy atom. The summed E-state index contributed by atoms with van der Waals surface area (Å²) in [4.78, 5) is 16.1. The zero-order chi connectivity index (χ0) is 17.2. The molecule has 8 heteroatoms. The SMILES string of the molecule is O=C(NCc1cc(-c2ccco2)cs1)c1ccc(C(F)(F)F)nc1. The van der Waals surface area contributed by atoms with Crippen molar-refractivity contribution in [3.63, 3.8) is 0 Å². The van der Waals surface area contributed by atoms with Gasteiger partial charge in [0.05, 0.1) is 18.4 Å². The number of carbonyl (C=O) groups is 1. The van der Waals surface area contributed by atoms with Gasteiger partial charge in [-0.3, -0.25) is 9.78 Å². The zero-order valence-corrected chi connectivity index (χ0v) is 12.9. The summed E-state index contributed by atoms with van der Waals surface area (Å²) in [7, 11) is 0. The summed E-state index contributed by atoms with van der Waals surface area (Å²) in [6.07, 6.45) is -2.03. The highest BCUT2D eigenvalue weighted by Crippen LogP contribution is 2.27. The van der Waals surface area contributed by atoms with Crippen LogP contribution in [-0.2, 0) is 12.7 Å². The number of carbonyl (C=O) groups excluding carboxylic acids is 1. The predicted octanol–water partition coefficient (Wildman–Crippen LogP) is 4.35. The molecule has 0 aliphatic carbocycles. The molecule has 1 N–H and O–H groups in total. The largest absolute Gasteiger partial charge is 0.464 e. The number of nitrogens with one attached hydrogen (secondary N) is 1. The molecule has 0 bridgehead atoms. The standard InChI is InChI=1S/C16H11F3N2O2S/c17-16(18,19)14-4-3-10(7-20-14)15(22)21-8-12-6-11(9-24-12)13-2-1-5-23-13/h1-7,9H,8H2,(H,21,22). The molecule has 1 amide bonds. The number of hydrogen-bond donors (Lipinski definition) is 1. The summed E-state index contributed by atoms with van der Waals surface area (Å²) < 4.78 is 42.6. The van der Waals surface area contributed by atoms with Gasteiger partial charge in [-0.15, -0.1) is 11.3 Å². The Morgan fingerprint density at radius 2 is 2.12 bits per heavy atom. The summed E-state index contributed by atoms with van der Waals surface area (Å²) in [5.74, 6) is 0.250. The third-order valence-corrected chi connectivity index (χ3v) is 4.14. The van der Waals surface area contributed by atoms with Gasteiger partial charge >= 0.3 is 6.18 Å². The van der Waals surface area contributed by atoms with Crippen LogP contribution in [0.2, 0.25) is 0 Å². The molecule has 0 fully saturated rings. The molecule has 3 aromatic rings. The number of nitrogens with zero attached hydrogens (tertiary/aromatic N) is 1. The van der Waals surface area contributed by atoms with Crippen molar-refractivity contribution in [1.82, 2.24) is 10.3 Å². The van der Waals surface area contributed by atoms with Crippen LogP contribution in [0.3, 0.4) is 0 Å². The molecular weight excluding hydrogens is 341 g/mol. The Labute approximate surface area is 139 Å². The van der Waals surface area contributed by atoms with E-state index >= 15 is 0 Å². The van der Waals surface area contributed by atoms with E-state index in [9.17, 15) is 18.0 Å². The third kappa shape index (κ3) is 3.65. The lowest BCUT2D eigenvalue weighted by molar-refractivity contribution is -0.141. The van der Waals surface area contributed by atoms with Gasteiger partial charge in [-0.2, -0.15) is 13.2 Å². The van der Waals surface area contributed by atoms with E-state index in [1.807, 2.05) is 17.5 Å². The fourth-order valence-electron chi connectivity index (χ4n) is 2.01. The highest BCUT2D eigenvalue weighted by Gasteiger charge is 2.32. The summed E-state index contributed by atoms with van der Waals surface area (Å²) in [5.41, 5.74) is -0.0448. The fraction of sp³-hybridized carbons (Fsp3) is 0.125. The van der Waals surface area contributed by atoms with Crippen molar-refractivity contribution < 1.29 is 22.4 Å². The number of halogens is 3. The minimum absolute atomic E-state index is 0.0748. The molecular formula is C16H11F3N2O2S. The molecule has 24 heavy (non-hydrogen) atoms. The quantitative estimate of drug-likeness (QED) is 0.759. The van der Waals surface area contributed by atoms with E-state index in [1.54, 1.807) is 12.3 Å². The van der Waals surface area contributed by atoms with Gasteiger partial charge in [-0.1, -0.05) is 0 Å². The van der Waals surface area contributed by atoms with Crippen LogP contribution >= 0.6 is 11.3 Å². The van der Waals surface area contributed by atoms with Gasteiger partial charge in [0.1, 0.15) is 11.5 Å². The van der Waals surface area contributed by atoms with E-state index in [2.05, 4.69) is 10.3 Å². The van der Waals surface area contributed by atoms with Crippen molar-refractivity contribution in [1.29, 1.82) is 0 Å². The van der Waals surface area contributed by atoms with Gasteiger partial charge < -0.3 is 9.73 Å². The number of furan rings is 1. The minimum Gasteiger partial charge on any atom is -0.464 e. The molecule has 0 aliphatic heterocycles. The maximum absolute atomic E-state index is 12.4. The van der Waals surface area contributed by atoms with Gasteiger partial charge in [-0.25, -0.2) is 0 Å². The normalized spacial score (nSPS) is 11.5. The van der Waals surface area contributed by atoms with Crippen LogP contribution in [0.5, 0.6) is 0 Å². The number of amides is 1. The van der Waals surface area contributed by atoms with Crippen molar-refractivity contribution in [2.24, 2.45) is 0 Å². The maximum atomic E-state index is 12.4. The van der Waals surface area contributed by atoms with E-state index in [0.717, 1.165) is 34.5 Å². The molecule has 0 saturated carbocycles. The van der Waals surface area contributed by atoms with E-state index < -0.39 is 17.8 Å². The van der Waals surface area contributed by atoms with Crippen LogP contribution in [0.1, 0.15) is 20.9 Å². The number of rotatable bonds is 4. The van der Waals surface area contributed by atoms with Crippen molar-refractivity contribution >= 4 is 17.2 Å². The molecule has 4 nitrogen and oxygen atoms in total. The first-order chi connectivity index (χ1) is 11.4. The van der Waals surface area contributed by atoms with E-state index in [4.69, 9.17) is 4.42 Å². The molecule has 3 heterocycles. The van der Waals surface area contributed by atoms with Crippen LogP contribution in [-0.4, -0.2) is 10.9 Å². The Balaban J connectivity index is 1.61. The molecule has 0 aliphatic rings. The molecule has 0 unspecified atom stereocenters. The summed E-state index contributed by atoms with van der Waals surface area (Å²) in [6.45, 7) is 0.269.